The van der Waals surface area contributed by atoms with Crippen molar-refractivity contribution in [2.45, 2.75) is 32.1 Å². The van der Waals surface area contributed by atoms with E-state index in [2.05, 4.69) is 18.8 Å². The molecular weight excluding hydrogens is 348 g/mol. The summed E-state index contributed by atoms with van der Waals surface area (Å²) in [7, 11) is -3.41. The summed E-state index contributed by atoms with van der Waals surface area (Å²) in [5.74, 6) is 1.11. The lowest BCUT2D eigenvalue weighted by molar-refractivity contribution is 0.232. The van der Waals surface area contributed by atoms with Crippen molar-refractivity contribution < 1.29 is 13.2 Å². The van der Waals surface area contributed by atoms with E-state index in [0.29, 0.717) is 30.7 Å². The predicted octanol–water partition coefficient (Wildman–Crippen LogP) is 3.46. The van der Waals surface area contributed by atoms with Gasteiger partial charge >= 0.3 is 0 Å². The maximum atomic E-state index is 12.3. The quantitative estimate of drug-likeness (QED) is 0.763. The second-order valence-electron chi connectivity index (χ2n) is 7.11. The first-order valence-electron chi connectivity index (χ1n) is 8.80. The Morgan fingerprint density at radius 1 is 1.12 bits per heavy atom. The highest BCUT2D eigenvalue weighted by atomic mass is 32.2. The number of rotatable bonds is 8. The van der Waals surface area contributed by atoms with E-state index in [9.17, 15) is 8.42 Å². The van der Waals surface area contributed by atoms with E-state index in [4.69, 9.17) is 10.5 Å². The normalized spacial score (nSPS) is 14.0. The molecule has 0 radical (unpaired) electrons. The highest BCUT2D eigenvalue weighted by Crippen LogP contribution is 2.30. The second-order valence-corrected chi connectivity index (χ2v) is 9.10. The van der Waals surface area contributed by atoms with E-state index < -0.39 is 9.84 Å². The van der Waals surface area contributed by atoms with Crippen LogP contribution in [0.1, 0.15) is 26.0 Å². The van der Waals surface area contributed by atoms with Crippen LogP contribution in [0.25, 0.3) is 11.1 Å². The number of nitrogens with two attached hydrogens (primary N) is 1. The van der Waals surface area contributed by atoms with Gasteiger partial charge in [0.1, 0.15) is 10.6 Å². The summed E-state index contributed by atoms with van der Waals surface area (Å²) >= 11 is 0. The van der Waals surface area contributed by atoms with Gasteiger partial charge in [-0.3, -0.25) is 4.98 Å². The maximum Gasteiger partial charge on any atom is 0.179 e. The first-order valence-corrected chi connectivity index (χ1v) is 10.7. The summed E-state index contributed by atoms with van der Waals surface area (Å²) in [5.41, 5.74) is 8.30. The number of aromatic nitrogens is 1. The molecule has 0 spiro atoms. The van der Waals surface area contributed by atoms with Crippen LogP contribution in [0, 0.1) is 18.8 Å². The Morgan fingerprint density at radius 3 is 2.42 bits per heavy atom. The Balaban J connectivity index is 2.27. The Morgan fingerprint density at radius 2 is 1.81 bits per heavy atom. The largest absolute Gasteiger partial charge is 0.492 e. The molecule has 6 heteroatoms. The lowest BCUT2D eigenvalue weighted by Gasteiger charge is -2.18. The van der Waals surface area contributed by atoms with Gasteiger partial charge in [-0.1, -0.05) is 19.9 Å². The van der Waals surface area contributed by atoms with Crippen LogP contribution in [-0.2, 0) is 9.84 Å². The number of pyridine rings is 1. The molecule has 0 aliphatic heterocycles. The topological polar surface area (TPSA) is 82.3 Å². The van der Waals surface area contributed by atoms with E-state index in [1.54, 1.807) is 18.3 Å². The Kier molecular flexibility index (Phi) is 6.78. The van der Waals surface area contributed by atoms with Crippen molar-refractivity contribution in [2.75, 3.05) is 19.4 Å². The van der Waals surface area contributed by atoms with Gasteiger partial charge in [0.15, 0.2) is 9.84 Å². The van der Waals surface area contributed by atoms with E-state index in [1.807, 2.05) is 25.1 Å². The molecule has 2 rings (SSSR count). The zero-order valence-electron chi connectivity index (χ0n) is 15.9. The van der Waals surface area contributed by atoms with Gasteiger partial charge < -0.3 is 10.5 Å². The lowest BCUT2D eigenvalue weighted by Crippen LogP contribution is -2.18. The van der Waals surface area contributed by atoms with Crippen LogP contribution in [0.2, 0.25) is 0 Å². The molecule has 0 saturated carbocycles. The van der Waals surface area contributed by atoms with Gasteiger partial charge in [-0.05, 0) is 67.1 Å². The van der Waals surface area contributed by atoms with Crippen molar-refractivity contribution in [2.24, 2.45) is 17.6 Å². The summed E-state index contributed by atoms with van der Waals surface area (Å²) < 4.78 is 30.4. The Bertz CT molecular complexity index is 850. The van der Waals surface area contributed by atoms with Gasteiger partial charge in [0.2, 0.25) is 0 Å². The third kappa shape index (κ3) is 5.54. The third-order valence-corrected chi connectivity index (χ3v) is 5.42. The van der Waals surface area contributed by atoms with Crippen molar-refractivity contribution in [1.29, 1.82) is 0 Å². The molecule has 1 aromatic carbocycles. The van der Waals surface area contributed by atoms with Crippen molar-refractivity contribution >= 4 is 9.84 Å². The minimum Gasteiger partial charge on any atom is -0.492 e. The van der Waals surface area contributed by atoms with Gasteiger partial charge in [-0.15, -0.1) is 0 Å². The first-order chi connectivity index (χ1) is 12.2. The zero-order valence-corrected chi connectivity index (χ0v) is 16.7. The van der Waals surface area contributed by atoms with Crippen molar-refractivity contribution in [3.05, 3.63) is 42.2 Å². The smallest absolute Gasteiger partial charge is 0.179 e. The van der Waals surface area contributed by atoms with E-state index in [0.717, 1.165) is 23.2 Å². The molecule has 26 heavy (non-hydrogen) atoms. The molecule has 2 atom stereocenters. The van der Waals surface area contributed by atoms with Crippen LogP contribution in [0.4, 0.5) is 0 Å². The average molecular weight is 377 g/mol. The number of nitrogens with zero attached hydrogens (tertiary/aromatic N) is 1. The number of aryl methyl sites for hydroxylation is 1. The summed E-state index contributed by atoms with van der Waals surface area (Å²) in [6.45, 7) is 7.19. The molecule has 142 valence electrons. The second kappa shape index (κ2) is 8.64. The average Bonchev–Trinajstić information content (AvgIpc) is 2.59. The van der Waals surface area contributed by atoms with Gasteiger partial charge in [0, 0.05) is 18.1 Å². The van der Waals surface area contributed by atoms with Crippen LogP contribution in [0.15, 0.2) is 41.4 Å². The molecule has 0 bridgehead atoms. The summed E-state index contributed by atoms with van der Waals surface area (Å²) in [6.07, 6.45) is 3.87. The van der Waals surface area contributed by atoms with Crippen LogP contribution < -0.4 is 10.5 Å². The first kappa shape index (κ1) is 20.4. The maximum absolute atomic E-state index is 12.3. The minimum atomic E-state index is -3.41. The fraction of sp³-hybridized carbons (Fsp3) is 0.450. The SMILES string of the molecule is Cc1cc(-c2ccc(OCC(C)CC(C)CN)c(S(C)(=O)=O)c2)ccn1. The number of ether oxygens (including phenoxy) is 1. The highest BCUT2D eigenvalue weighted by Gasteiger charge is 2.17. The minimum absolute atomic E-state index is 0.212. The molecule has 2 N–H and O–H groups in total. The summed E-state index contributed by atoms with van der Waals surface area (Å²) in [6, 6.07) is 9.09. The molecule has 2 unspecified atom stereocenters. The van der Waals surface area contributed by atoms with E-state index in [-0.39, 0.29) is 4.90 Å². The van der Waals surface area contributed by atoms with Gasteiger partial charge in [-0.25, -0.2) is 8.42 Å². The third-order valence-electron chi connectivity index (χ3n) is 4.30. The van der Waals surface area contributed by atoms with Crippen molar-refractivity contribution in [3.63, 3.8) is 0 Å². The molecule has 0 aliphatic rings. The standard InChI is InChI=1S/C20H28N2O3S/c1-14(12-21)9-15(2)13-25-19-6-5-17(11-20(19)26(4,23)24)18-7-8-22-16(3)10-18/h5-8,10-11,14-15H,9,12-13,21H2,1-4H3. The van der Waals surface area contributed by atoms with Crippen molar-refractivity contribution in [1.82, 2.24) is 4.98 Å². The van der Waals surface area contributed by atoms with Crippen LogP contribution in [0.3, 0.4) is 0 Å². The van der Waals surface area contributed by atoms with Crippen LogP contribution in [-0.4, -0.2) is 32.8 Å². The van der Waals surface area contributed by atoms with Crippen LogP contribution >= 0.6 is 0 Å². The molecule has 0 aliphatic carbocycles. The number of sulfone groups is 1. The van der Waals surface area contributed by atoms with E-state index in [1.165, 1.54) is 6.26 Å². The summed E-state index contributed by atoms with van der Waals surface area (Å²) in [4.78, 5) is 4.39. The Hall–Kier alpha value is -1.92. The number of benzene rings is 1. The molecule has 0 fully saturated rings. The Labute approximate surface area is 156 Å². The molecular formula is C20H28N2O3S. The number of hydrogen-bond acceptors (Lipinski definition) is 5. The van der Waals surface area contributed by atoms with E-state index >= 15 is 0 Å². The molecule has 1 heterocycles. The van der Waals surface area contributed by atoms with Gasteiger partial charge in [-0.2, -0.15) is 0 Å². The van der Waals surface area contributed by atoms with Crippen molar-refractivity contribution in [3.8, 4) is 16.9 Å². The number of hydrogen-bond donors (Lipinski definition) is 1. The molecule has 1 aromatic heterocycles. The predicted molar refractivity (Wildman–Crippen MR) is 105 cm³/mol. The fourth-order valence-electron chi connectivity index (χ4n) is 2.90. The monoisotopic (exact) mass is 376 g/mol. The van der Waals surface area contributed by atoms with Gasteiger partial charge in [0.25, 0.3) is 0 Å². The lowest BCUT2D eigenvalue weighted by atomic mass is 9.98. The molecule has 0 amide bonds. The zero-order chi connectivity index (χ0) is 19.3. The van der Waals surface area contributed by atoms with Gasteiger partial charge in [0.05, 0.1) is 6.61 Å². The summed E-state index contributed by atoms with van der Waals surface area (Å²) in [5, 5.41) is 0. The fourth-order valence-corrected chi connectivity index (χ4v) is 3.74. The highest BCUT2D eigenvalue weighted by molar-refractivity contribution is 7.90. The van der Waals surface area contributed by atoms with Crippen LogP contribution in [0.5, 0.6) is 5.75 Å². The molecule has 2 aromatic rings. The molecule has 5 nitrogen and oxygen atoms in total. The molecule has 0 saturated heterocycles.